The molecule has 0 aromatic heterocycles. The molecule has 1 saturated heterocycles. The van der Waals surface area contributed by atoms with Crippen molar-refractivity contribution in [2.75, 3.05) is 26.3 Å². The topological polar surface area (TPSA) is 21.7 Å². The van der Waals surface area contributed by atoms with E-state index in [9.17, 15) is 0 Å². The molecule has 0 bridgehead atoms. The Morgan fingerprint density at radius 2 is 2.00 bits per heavy atom. The van der Waals surface area contributed by atoms with Crippen molar-refractivity contribution in [1.29, 1.82) is 0 Å². The van der Waals surface area contributed by atoms with Crippen LogP contribution in [-0.2, 0) is 4.74 Å². The molecule has 0 unspecified atom stereocenters. The Balaban J connectivity index is 1.83. The molecule has 0 saturated carbocycles. The summed E-state index contributed by atoms with van der Waals surface area (Å²) in [5.74, 6) is 0.911. The minimum absolute atomic E-state index is 0.165. The molecular formula is C15H23NO2. The molecule has 1 heterocycles. The molecule has 2 rings (SSSR count). The summed E-state index contributed by atoms with van der Waals surface area (Å²) in [5.41, 5.74) is 0.203. The van der Waals surface area contributed by atoms with Crippen LogP contribution in [0.15, 0.2) is 30.3 Å². The van der Waals surface area contributed by atoms with Crippen LogP contribution in [0.5, 0.6) is 5.75 Å². The predicted molar refractivity (Wildman–Crippen MR) is 73.0 cm³/mol. The van der Waals surface area contributed by atoms with Gasteiger partial charge in [-0.15, -0.1) is 0 Å². The Hall–Kier alpha value is -1.06. The maximum Gasteiger partial charge on any atom is 0.119 e. The number of rotatable bonds is 3. The van der Waals surface area contributed by atoms with Gasteiger partial charge in [-0.25, -0.2) is 0 Å². The number of nitrogens with zero attached hydrogens (tertiary/aromatic N) is 1. The zero-order valence-corrected chi connectivity index (χ0v) is 11.6. The van der Waals surface area contributed by atoms with Crippen LogP contribution in [-0.4, -0.2) is 42.8 Å². The Morgan fingerprint density at radius 3 is 2.67 bits per heavy atom. The molecule has 0 radical (unpaired) electrons. The quantitative estimate of drug-likeness (QED) is 0.822. The van der Waals surface area contributed by atoms with Crippen LogP contribution in [0, 0.1) is 0 Å². The second kappa shape index (κ2) is 5.72. The summed E-state index contributed by atoms with van der Waals surface area (Å²) in [7, 11) is 0. The minimum Gasteiger partial charge on any atom is -0.491 e. The largest absolute Gasteiger partial charge is 0.491 e. The van der Waals surface area contributed by atoms with Gasteiger partial charge in [0.25, 0.3) is 0 Å². The van der Waals surface area contributed by atoms with Gasteiger partial charge in [-0.05, 0) is 32.9 Å². The molecular weight excluding hydrogens is 226 g/mol. The summed E-state index contributed by atoms with van der Waals surface area (Å²) < 4.78 is 11.5. The minimum atomic E-state index is 0.165. The fourth-order valence-corrected chi connectivity index (χ4v) is 2.14. The van der Waals surface area contributed by atoms with E-state index in [0.717, 1.165) is 25.4 Å². The van der Waals surface area contributed by atoms with Crippen LogP contribution in [0.1, 0.15) is 20.8 Å². The van der Waals surface area contributed by atoms with Crippen LogP contribution in [0.2, 0.25) is 0 Å². The first-order valence-corrected chi connectivity index (χ1v) is 6.60. The predicted octanol–water partition coefficient (Wildman–Crippen LogP) is 2.56. The maximum atomic E-state index is 5.76. The third-order valence-corrected chi connectivity index (χ3v) is 3.27. The smallest absolute Gasteiger partial charge is 0.119 e. The average molecular weight is 249 g/mol. The van der Waals surface area contributed by atoms with Crippen LogP contribution in [0.4, 0.5) is 0 Å². The Labute approximate surface area is 110 Å². The number of hydrogen-bond acceptors (Lipinski definition) is 3. The molecule has 1 fully saturated rings. The summed E-state index contributed by atoms with van der Waals surface area (Å²) in [4.78, 5) is 2.45. The number of benzene rings is 1. The lowest BCUT2D eigenvalue weighted by atomic mass is 10.0. The van der Waals surface area contributed by atoms with Gasteiger partial charge in [0.1, 0.15) is 18.5 Å². The van der Waals surface area contributed by atoms with E-state index in [2.05, 4.69) is 25.7 Å². The summed E-state index contributed by atoms with van der Waals surface area (Å²) in [6.45, 7) is 10.1. The Kier molecular flexibility index (Phi) is 4.25. The lowest BCUT2D eigenvalue weighted by molar-refractivity contribution is -0.0729. The van der Waals surface area contributed by atoms with Crippen molar-refractivity contribution in [2.24, 2.45) is 0 Å². The lowest BCUT2D eigenvalue weighted by Crippen LogP contribution is -2.52. The van der Waals surface area contributed by atoms with Gasteiger partial charge < -0.3 is 9.47 Å². The molecule has 1 atom stereocenters. The number of morpholine rings is 1. The van der Waals surface area contributed by atoms with E-state index < -0.39 is 0 Å². The molecule has 3 heteroatoms. The first kappa shape index (κ1) is 13.4. The van der Waals surface area contributed by atoms with Crippen molar-refractivity contribution < 1.29 is 9.47 Å². The van der Waals surface area contributed by atoms with E-state index in [1.165, 1.54) is 0 Å². The fraction of sp³-hybridized carbons (Fsp3) is 0.600. The standard InChI is InChI=1S/C15H23NO2/c1-15(2,3)16-9-10-17-14(11-16)12-18-13-7-5-4-6-8-13/h4-8,14H,9-12H2,1-3H3/t14-/m0/s1. The highest BCUT2D eigenvalue weighted by Gasteiger charge is 2.28. The highest BCUT2D eigenvalue weighted by Crippen LogP contribution is 2.18. The van der Waals surface area contributed by atoms with E-state index in [4.69, 9.17) is 9.47 Å². The fourth-order valence-electron chi connectivity index (χ4n) is 2.14. The van der Waals surface area contributed by atoms with E-state index in [1.54, 1.807) is 0 Å². The molecule has 1 aliphatic rings. The van der Waals surface area contributed by atoms with Gasteiger partial charge in [-0.1, -0.05) is 18.2 Å². The molecule has 0 aliphatic carbocycles. The monoisotopic (exact) mass is 249 g/mol. The first-order chi connectivity index (χ1) is 8.55. The highest BCUT2D eigenvalue weighted by molar-refractivity contribution is 5.20. The lowest BCUT2D eigenvalue weighted by Gasteiger charge is -2.41. The Morgan fingerprint density at radius 1 is 1.28 bits per heavy atom. The van der Waals surface area contributed by atoms with E-state index in [1.807, 2.05) is 30.3 Å². The van der Waals surface area contributed by atoms with Crippen molar-refractivity contribution in [3.8, 4) is 5.75 Å². The van der Waals surface area contributed by atoms with E-state index in [-0.39, 0.29) is 11.6 Å². The summed E-state index contributed by atoms with van der Waals surface area (Å²) in [6, 6.07) is 9.91. The van der Waals surface area contributed by atoms with Crippen molar-refractivity contribution in [3.05, 3.63) is 30.3 Å². The number of hydrogen-bond donors (Lipinski definition) is 0. The van der Waals surface area contributed by atoms with Crippen LogP contribution < -0.4 is 4.74 Å². The van der Waals surface area contributed by atoms with Gasteiger partial charge in [-0.2, -0.15) is 0 Å². The van der Waals surface area contributed by atoms with Gasteiger partial charge >= 0.3 is 0 Å². The molecule has 0 spiro atoms. The van der Waals surface area contributed by atoms with E-state index in [0.29, 0.717) is 6.61 Å². The van der Waals surface area contributed by atoms with E-state index >= 15 is 0 Å². The van der Waals surface area contributed by atoms with Crippen molar-refractivity contribution in [2.45, 2.75) is 32.4 Å². The van der Waals surface area contributed by atoms with Crippen LogP contribution in [0.3, 0.4) is 0 Å². The molecule has 1 aromatic carbocycles. The van der Waals surface area contributed by atoms with Crippen molar-refractivity contribution in [3.63, 3.8) is 0 Å². The molecule has 0 amide bonds. The molecule has 3 nitrogen and oxygen atoms in total. The Bertz CT molecular complexity index is 359. The zero-order valence-electron chi connectivity index (χ0n) is 11.6. The molecule has 18 heavy (non-hydrogen) atoms. The van der Waals surface area contributed by atoms with Gasteiger partial charge in [-0.3, -0.25) is 4.90 Å². The molecule has 1 aromatic rings. The highest BCUT2D eigenvalue weighted by atomic mass is 16.5. The summed E-state index contributed by atoms with van der Waals surface area (Å²) in [5, 5.41) is 0. The average Bonchev–Trinajstić information content (AvgIpc) is 2.37. The molecule has 0 N–H and O–H groups in total. The van der Waals surface area contributed by atoms with Gasteiger partial charge in [0.15, 0.2) is 0 Å². The summed E-state index contributed by atoms with van der Waals surface area (Å²) in [6.07, 6.45) is 0.165. The van der Waals surface area contributed by atoms with Gasteiger partial charge in [0.05, 0.1) is 6.61 Å². The van der Waals surface area contributed by atoms with Gasteiger partial charge in [0, 0.05) is 18.6 Å². The maximum absolute atomic E-state index is 5.76. The van der Waals surface area contributed by atoms with Crippen molar-refractivity contribution in [1.82, 2.24) is 4.90 Å². The number of ether oxygens (including phenoxy) is 2. The SMILES string of the molecule is CC(C)(C)N1CCO[C@H](COc2ccccc2)C1. The number of para-hydroxylation sites is 1. The third-order valence-electron chi connectivity index (χ3n) is 3.27. The normalized spacial score (nSPS) is 21.8. The zero-order chi connectivity index (χ0) is 13.0. The summed E-state index contributed by atoms with van der Waals surface area (Å²) >= 11 is 0. The second-order valence-corrected chi connectivity index (χ2v) is 5.73. The molecule has 100 valence electrons. The van der Waals surface area contributed by atoms with Gasteiger partial charge in [0.2, 0.25) is 0 Å². The molecule has 1 aliphatic heterocycles. The van der Waals surface area contributed by atoms with Crippen molar-refractivity contribution >= 4 is 0 Å². The second-order valence-electron chi connectivity index (χ2n) is 5.73. The van der Waals surface area contributed by atoms with Crippen LogP contribution >= 0.6 is 0 Å². The first-order valence-electron chi connectivity index (χ1n) is 6.60. The van der Waals surface area contributed by atoms with Crippen LogP contribution in [0.25, 0.3) is 0 Å². The third kappa shape index (κ3) is 3.72.